The summed E-state index contributed by atoms with van der Waals surface area (Å²) in [6, 6.07) is 0. The van der Waals surface area contributed by atoms with Crippen molar-refractivity contribution < 1.29 is 14.3 Å². The van der Waals surface area contributed by atoms with Crippen LogP contribution in [0.25, 0.3) is 0 Å². The lowest BCUT2D eigenvalue weighted by Crippen LogP contribution is -2.28. The van der Waals surface area contributed by atoms with E-state index in [1.807, 2.05) is 6.92 Å². The molecule has 0 unspecified atom stereocenters. The Hall–Kier alpha value is -0.570. The number of rotatable bonds is 4. The number of methoxy groups -OCH3 is 1. The Morgan fingerprint density at radius 3 is 2.54 bits per heavy atom. The first kappa shape index (κ1) is 10.5. The zero-order valence-corrected chi connectivity index (χ0v) is 8.47. The lowest BCUT2D eigenvalue weighted by molar-refractivity contribution is -0.158. The van der Waals surface area contributed by atoms with E-state index in [9.17, 15) is 4.79 Å². The van der Waals surface area contributed by atoms with E-state index < -0.39 is 0 Å². The van der Waals surface area contributed by atoms with E-state index in [4.69, 9.17) is 9.47 Å². The Balaban J connectivity index is 2.26. The highest BCUT2D eigenvalue weighted by molar-refractivity contribution is 5.70. The van der Waals surface area contributed by atoms with Gasteiger partial charge in [0, 0.05) is 7.11 Å². The van der Waals surface area contributed by atoms with Crippen molar-refractivity contribution in [2.75, 3.05) is 13.7 Å². The van der Waals surface area contributed by atoms with Crippen molar-refractivity contribution in [2.24, 2.45) is 0 Å². The maximum Gasteiger partial charge on any atom is 0.308 e. The Morgan fingerprint density at radius 1 is 1.38 bits per heavy atom. The monoisotopic (exact) mass is 186 g/mol. The molecule has 3 nitrogen and oxygen atoms in total. The molecule has 0 N–H and O–H groups in total. The van der Waals surface area contributed by atoms with Gasteiger partial charge in [-0.3, -0.25) is 4.79 Å². The Kier molecular flexibility index (Phi) is 3.72. The summed E-state index contributed by atoms with van der Waals surface area (Å²) in [6.45, 7) is 2.47. The predicted molar refractivity (Wildman–Crippen MR) is 49.5 cm³/mol. The van der Waals surface area contributed by atoms with Crippen LogP contribution < -0.4 is 0 Å². The molecule has 0 spiro atoms. The molecular formula is C10H18O3. The Bertz CT molecular complexity index is 171. The van der Waals surface area contributed by atoms with E-state index in [1.165, 1.54) is 12.8 Å². The van der Waals surface area contributed by atoms with Crippen LogP contribution in [-0.4, -0.2) is 25.3 Å². The molecule has 1 aliphatic carbocycles. The molecule has 0 aliphatic heterocycles. The lowest BCUT2D eigenvalue weighted by Gasteiger charge is -2.23. The van der Waals surface area contributed by atoms with Gasteiger partial charge in [-0.15, -0.1) is 0 Å². The van der Waals surface area contributed by atoms with E-state index in [0.717, 1.165) is 12.8 Å². The Morgan fingerprint density at radius 2 is 2.00 bits per heavy atom. The summed E-state index contributed by atoms with van der Waals surface area (Å²) in [5.74, 6) is -0.133. The van der Waals surface area contributed by atoms with Crippen LogP contribution in [0.3, 0.4) is 0 Å². The predicted octanol–water partition coefficient (Wildman–Crippen LogP) is 1.90. The van der Waals surface area contributed by atoms with Crippen LogP contribution in [-0.2, 0) is 14.3 Å². The first-order valence-corrected chi connectivity index (χ1v) is 4.87. The lowest BCUT2D eigenvalue weighted by atomic mass is 10.1. The van der Waals surface area contributed by atoms with Gasteiger partial charge < -0.3 is 9.47 Å². The van der Waals surface area contributed by atoms with Gasteiger partial charge >= 0.3 is 5.97 Å². The van der Waals surface area contributed by atoms with Gasteiger partial charge in [0.25, 0.3) is 0 Å². The molecular weight excluding hydrogens is 168 g/mol. The molecule has 0 aromatic carbocycles. The fraction of sp³-hybridized carbons (Fsp3) is 0.900. The number of esters is 1. The third kappa shape index (κ3) is 3.35. The highest BCUT2D eigenvalue weighted by Gasteiger charge is 2.32. The minimum Gasteiger partial charge on any atom is -0.459 e. The second-order valence-electron chi connectivity index (χ2n) is 3.87. The molecule has 0 bridgehead atoms. The van der Waals surface area contributed by atoms with Gasteiger partial charge in [-0.25, -0.2) is 0 Å². The van der Waals surface area contributed by atoms with Gasteiger partial charge in [0.1, 0.15) is 5.60 Å². The van der Waals surface area contributed by atoms with Gasteiger partial charge in [0.2, 0.25) is 0 Å². The zero-order chi connectivity index (χ0) is 9.73. The molecule has 0 aromatic heterocycles. The molecule has 1 fully saturated rings. The van der Waals surface area contributed by atoms with Crippen LogP contribution in [0.2, 0.25) is 0 Å². The summed E-state index contributed by atoms with van der Waals surface area (Å²) in [6.07, 6.45) is 4.73. The summed E-state index contributed by atoms with van der Waals surface area (Å²) in [5, 5.41) is 0. The maximum absolute atomic E-state index is 11.3. The van der Waals surface area contributed by atoms with Gasteiger partial charge in [0.05, 0.1) is 13.0 Å². The minimum absolute atomic E-state index is 0.133. The molecule has 0 atom stereocenters. The van der Waals surface area contributed by atoms with Gasteiger partial charge in [0.15, 0.2) is 0 Å². The number of hydrogen-bond acceptors (Lipinski definition) is 3. The van der Waals surface area contributed by atoms with Crippen LogP contribution >= 0.6 is 0 Å². The molecule has 13 heavy (non-hydrogen) atoms. The summed E-state index contributed by atoms with van der Waals surface area (Å²) in [4.78, 5) is 11.3. The number of hydrogen-bond donors (Lipinski definition) is 0. The van der Waals surface area contributed by atoms with E-state index in [0.29, 0.717) is 13.0 Å². The number of ether oxygens (including phenoxy) is 2. The fourth-order valence-corrected chi connectivity index (χ4v) is 1.74. The first-order chi connectivity index (χ1) is 6.16. The molecule has 0 aromatic rings. The van der Waals surface area contributed by atoms with Gasteiger partial charge in [-0.2, -0.15) is 0 Å². The average molecular weight is 186 g/mol. The summed E-state index contributed by atoms with van der Waals surface area (Å²) in [5.41, 5.74) is -0.190. The third-order valence-corrected chi connectivity index (χ3v) is 2.53. The fourth-order valence-electron chi connectivity index (χ4n) is 1.74. The van der Waals surface area contributed by atoms with E-state index in [2.05, 4.69) is 0 Å². The third-order valence-electron chi connectivity index (χ3n) is 2.53. The summed E-state index contributed by atoms with van der Waals surface area (Å²) in [7, 11) is 1.59. The first-order valence-electron chi connectivity index (χ1n) is 4.87. The van der Waals surface area contributed by atoms with Crippen molar-refractivity contribution >= 4 is 5.97 Å². The summed E-state index contributed by atoms with van der Waals surface area (Å²) < 4.78 is 10.2. The van der Waals surface area contributed by atoms with Crippen LogP contribution in [0.5, 0.6) is 0 Å². The van der Waals surface area contributed by atoms with E-state index in [-0.39, 0.29) is 11.6 Å². The van der Waals surface area contributed by atoms with Gasteiger partial charge in [-0.05, 0) is 32.6 Å². The topological polar surface area (TPSA) is 35.5 Å². The molecule has 1 saturated carbocycles. The van der Waals surface area contributed by atoms with Crippen molar-refractivity contribution in [1.82, 2.24) is 0 Å². The smallest absolute Gasteiger partial charge is 0.308 e. The molecule has 0 heterocycles. The maximum atomic E-state index is 11.3. The largest absolute Gasteiger partial charge is 0.459 e. The zero-order valence-electron chi connectivity index (χ0n) is 8.47. The molecule has 1 rings (SSSR count). The molecule has 0 amide bonds. The Labute approximate surface area is 79.4 Å². The van der Waals surface area contributed by atoms with E-state index >= 15 is 0 Å². The summed E-state index contributed by atoms with van der Waals surface area (Å²) >= 11 is 0. The molecule has 3 heteroatoms. The molecule has 76 valence electrons. The minimum atomic E-state index is -0.190. The normalized spacial score (nSPS) is 20.2. The number of carbonyl (C=O) groups excluding carboxylic acids is 1. The number of carbonyl (C=O) groups is 1. The van der Waals surface area contributed by atoms with Crippen molar-refractivity contribution in [2.45, 2.75) is 44.6 Å². The van der Waals surface area contributed by atoms with Crippen molar-refractivity contribution in [1.29, 1.82) is 0 Å². The van der Waals surface area contributed by atoms with Crippen molar-refractivity contribution in [3.63, 3.8) is 0 Å². The van der Waals surface area contributed by atoms with Crippen LogP contribution in [0.15, 0.2) is 0 Å². The molecule has 0 saturated heterocycles. The van der Waals surface area contributed by atoms with Crippen LogP contribution in [0, 0.1) is 0 Å². The quantitative estimate of drug-likeness (QED) is 0.629. The highest BCUT2D eigenvalue weighted by Crippen LogP contribution is 2.32. The second-order valence-corrected chi connectivity index (χ2v) is 3.87. The highest BCUT2D eigenvalue weighted by atomic mass is 16.6. The van der Waals surface area contributed by atoms with Crippen molar-refractivity contribution in [3.8, 4) is 0 Å². The van der Waals surface area contributed by atoms with Crippen molar-refractivity contribution in [3.05, 3.63) is 0 Å². The van der Waals surface area contributed by atoms with Crippen LogP contribution in [0.4, 0.5) is 0 Å². The second kappa shape index (κ2) is 4.61. The van der Waals surface area contributed by atoms with Gasteiger partial charge in [-0.1, -0.05) is 0 Å². The standard InChI is InChI=1S/C10H18O3/c1-10(6-3-4-7-10)13-9(11)5-8-12-2/h3-8H2,1-2H3. The molecule has 0 radical (unpaired) electrons. The van der Waals surface area contributed by atoms with E-state index in [1.54, 1.807) is 7.11 Å². The van der Waals surface area contributed by atoms with Crippen LogP contribution in [0.1, 0.15) is 39.0 Å². The SMILES string of the molecule is COCCC(=O)OC1(C)CCCC1. The molecule has 1 aliphatic rings. The average Bonchev–Trinajstić information content (AvgIpc) is 2.48.